The molecule has 3 heteroatoms. The molecule has 1 aromatic rings. The Morgan fingerprint density at radius 1 is 1.46 bits per heavy atom. The number of aryl methyl sites for hydroxylation is 1. The molecule has 13 heavy (non-hydrogen) atoms. The van der Waals surface area contributed by atoms with Crippen LogP contribution in [-0.2, 0) is 6.42 Å². The van der Waals surface area contributed by atoms with Crippen molar-refractivity contribution in [3.05, 3.63) is 34.3 Å². The summed E-state index contributed by atoms with van der Waals surface area (Å²) < 4.78 is 0. The van der Waals surface area contributed by atoms with Crippen molar-refractivity contribution < 1.29 is 5.11 Å². The van der Waals surface area contributed by atoms with Gasteiger partial charge in [-0.05, 0) is 29.7 Å². The van der Waals surface area contributed by atoms with E-state index in [4.69, 9.17) is 17.3 Å². The first-order valence-electron chi connectivity index (χ1n) is 4.35. The van der Waals surface area contributed by atoms with Crippen LogP contribution in [0.5, 0.6) is 0 Å². The summed E-state index contributed by atoms with van der Waals surface area (Å²) in [6.07, 6.45) is 0.300. The van der Waals surface area contributed by atoms with E-state index in [1.54, 1.807) is 6.07 Å². The van der Waals surface area contributed by atoms with Gasteiger partial charge in [0.15, 0.2) is 0 Å². The zero-order valence-corrected chi connectivity index (χ0v) is 8.38. The summed E-state index contributed by atoms with van der Waals surface area (Å²) in [5.41, 5.74) is 7.27. The fourth-order valence-electron chi connectivity index (χ4n) is 1.21. The minimum Gasteiger partial charge on any atom is -0.387 e. The summed E-state index contributed by atoms with van der Waals surface area (Å²) in [7, 11) is 0. The molecule has 0 amide bonds. The van der Waals surface area contributed by atoms with Crippen molar-refractivity contribution in [3.63, 3.8) is 0 Å². The van der Waals surface area contributed by atoms with Crippen molar-refractivity contribution in [1.82, 2.24) is 0 Å². The van der Waals surface area contributed by atoms with Crippen molar-refractivity contribution in [1.29, 1.82) is 0 Å². The predicted octanol–water partition coefficient (Wildman–Crippen LogP) is 1.89. The van der Waals surface area contributed by atoms with Gasteiger partial charge in [-0.3, -0.25) is 0 Å². The number of rotatable bonds is 3. The van der Waals surface area contributed by atoms with E-state index >= 15 is 0 Å². The molecule has 0 fully saturated rings. The van der Waals surface area contributed by atoms with Crippen LogP contribution < -0.4 is 5.73 Å². The molecule has 0 bridgehead atoms. The summed E-state index contributed by atoms with van der Waals surface area (Å²) in [4.78, 5) is 0. The van der Waals surface area contributed by atoms with E-state index < -0.39 is 6.10 Å². The second-order valence-electron chi connectivity index (χ2n) is 3.00. The van der Waals surface area contributed by atoms with E-state index in [0.717, 1.165) is 17.5 Å². The van der Waals surface area contributed by atoms with E-state index in [0.29, 0.717) is 5.02 Å². The van der Waals surface area contributed by atoms with Crippen LogP contribution in [0.15, 0.2) is 18.2 Å². The first kappa shape index (κ1) is 10.5. The Labute approximate surface area is 83.3 Å². The van der Waals surface area contributed by atoms with Gasteiger partial charge < -0.3 is 10.8 Å². The largest absolute Gasteiger partial charge is 0.387 e. The fraction of sp³-hybridized carbons (Fsp3) is 0.400. The minimum atomic E-state index is -0.607. The third-order valence-electron chi connectivity index (χ3n) is 2.00. The highest BCUT2D eigenvalue weighted by atomic mass is 35.5. The van der Waals surface area contributed by atoms with E-state index in [9.17, 15) is 5.11 Å². The number of nitrogens with two attached hydrogens (primary N) is 1. The Morgan fingerprint density at radius 2 is 2.15 bits per heavy atom. The first-order valence-corrected chi connectivity index (χ1v) is 4.72. The smallest absolute Gasteiger partial charge is 0.0912 e. The van der Waals surface area contributed by atoms with E-state index in [1.165, 1.54) is 0 Å². The molecule has 1 rings (SSSR count). The summed E-state index contributed by atoms with van der Waals surface area (Å²) in [6, 6.07) is 5.58. The molecule has 3 N–H and O–H groups in total. The van der Waals surface area contributed by atoms with Crippen molar-refractivity contribution in [2.45, 2.75) is 19.4 Å². The molecule has 0 heterocycles. The molecular formula is C10H14ClNO. The lowest BCUT2D eigenvalue weighted by molar-refractivity contribution is 0.186. The SMILES string of the molecule is CCc1cc(Cl)cc(C(O)CN)c1. The van der Waals surface area contributed by atoms with Gasteiger partial charge in [0.2, 0.25) is 0 Å². The molecule has 0 aliphatic heterocycles. The summed E-state index contributed by atoms with van der Waals surface area (Å²) in [6.45, 7) is 2.27. The highest BCUT2D eigenvalue weighted by Gasteiger charge is 2.06. The van der Waals surface area contributed by atoms with Gasteiger partial charge in [-0.2, -0.15) is 0 Å². The lowest BCUT2D eigenvalue weighted by atomic mass is 10.0. The van der Waals surface area contributed by atoms with Crippen molar-refractivity contribution in [3.8, 4) is 0 Å². The van der Waals surface area contributed by atoms with Crippen molar-refractivity contribution >= 4 is 11.6 Å². The summed E-state index contributed by atoms with van der Waals surface area (Å²) >= 11 is 5.88. The second kappa shape index (κ2) is 4.61. The number of aliphatic hydroxyl groups is 1. The topological polar surface area (TPSA) is 46.2 Å². The molecule has 0 aromatic heterocycles. The molecule has 1 aromatic carbocycles. The monoisotopic (exact) mass is 199 g/mol. The lowest BCUT2D eigenvalue weighted by Gasteiger charge is -2.10. The maximum Gasteiger partial charge on any atom is 0.0912 e. The number of hydrogen-bond acceptors (Lipinski definition) is 2. The fourth-order valence-corrected chi connectivity index (χ4v) is 1.47. The van der Waals surface area contributed by atoms with Gasteiger partial charge in [0.1, 0.15) is 0 Å². The highest BCUT2D eigenvalue weighted by molar-refractivity contribution is 6.30. The van der Waals surface area contributed by atoms with Gasteiger partial charge in [-0.15, -0.1) is 0 Å². The Hall–Kier alpha value is -0.570. The normalized spacial score (nSPS) is 12.9. The van der Waals surface area contributed by atoms with Gasteiger partial charge in [-0.1, -0.05) is 24.6 Å². The molecule has 0 saturated carbocycles. The van der Waals surface area contributed by atoms with Crippen LogP contribution in [0.3, 0.4) is 0 Å². The Bertz CT molecular complexity index is 288. The first-order chi connectivity index (χ1) is 6.17. The van der Waals surface area contributed by atoms with Gasteiger partial charge in [-0.25, -0.2) is 0 Å². The van der Waals surface area contributed by atoms with Gasteiger partial charge in [0.25, 0.3) is 0 Å². The van der Waals surface area contributed by atoms with Gasteiger partial charge in [0.05, 0.1) is 6.10 Å². The minimum absolute atomic E-state index is 0.226. The maximum absolute atomic E-state index is 9.49. The number of halogens is 1. The quantitative estimate of drug-likeness (QED) is 0.781. The Morgan fingerprint density at radius 3 is 2.69 bits per heavy atom. The van der Waals surface area contributed by atoms with Crippen LogP contribution in [0, 0.1) is 0 Å². The average molecular weight is 200 g/mol. The molecule has 0 saturated heterocycles. The van der Waals surface area contributed by atoms with Crippen LogP contribution >= 0.6 is 11.6 Å². The van der Waals surface area contributed by atoms with Crippen LogP contribution in [-0.4, -0.2) is 11.7 Å². The van der Waals surface area contributed by atoms with Crippen LogP contribution in [0.1, 0.15) is 24.2 Å². The zero-order valence-electron chi connectivity index (χ0n) is 7.63. The zero-order chi connectivity index (χ0) is 9.84. The number of hydrogen-bond donors (Lipinski definition) is 2. The molecule has 0 aliphatic rings. The Balaban J connectivity index is 3.01. The molecule has 72 valence electrons. The number of benzene rings is 1. The third kappa shape index (κ3) is 2.69. The van der Waals surface area contributed by atoms with Crippen molar-refractivity contribution in [2.24, 2.45) is 5.73 Å². The van der Waals surface area contributed by atoms with E-state index in [-0.39, 0.29) is 6.54 Å². The van der Waals surface area contributed by atoms with Gasteiger partial charge >= 0.3 is 0 Å². The van der Waals surface area contributed by atoms with E-state index in [1.807, 2.05) is 19.1 Å². The second-order valence-corrected chi connectivity index (χ2v) is 3.43. The predicted molar refractivity (Wildman–Crippen MR) is 54.8 cm³/mol. The third-order valence-corrected chi connectivity index (χ3v) is 2.21. The van der Waals surface area contributed by atoms with Crippen LogP contribution in [0.25, 0.3) is 0 Å². The molecule has 1 atom stereocenters. The van der Waals surface area contributed by atoms with Crippen molar-refractivity contribution in [2.75, 3.05) is 6.54 Å². The summed E-state index contributed by atoms with van der Waals surface area (Å²) in [5.74, 6) is 0. The molecule has 0 radical (unpaired) electrons. The molecule has 0 spiro atoms. The number of aliphatic hydroxyl groups excluding tert-OH is 1. The molecule has 1 unspecified atom stereocenters. The van der Waals surface area contributed by atoms with Gasteiger partial charge in [0, 0.05) is 11.6 Å². The molecular weight excluding hydrogens is 186 g/mol. The Kier molecular flexibility index (Phi) is 3.72. The highest BCUT2D eigenvalue weighted by Crippen LogP contribution is 2.20. The van der Waals surface area contributed by atoms with Crippen LogP contribution in [0.4, 0.5) is 0 Å². The molecule has 2 nitrogen and oxygen atoms in total. The standard InChI is InChI=1S/C10H14ClNO/c1-2-7-3-8(10(13)6-12)5-9(11)4-7/h3-5,10,13H,2,6,12H2,1H3. The maximum atomic E-state index is 9.49. The molecule has 0 aliphatic carbocycles. The van der Waals surface area contributed by atoms with Crippen LogP contribution in [0.2, 0.25) is 5.02 Å². The lowest BCUT2D eigenvalue weighted by Crippen LogP contribution is -2.11. The average Bonchev–Trinajstić information content (AvgIpc) is 2.15. The van der Waals surface area contributed by atoms with E-state index in [2.05, 4.69) is 0 Å². The summed E-state index contributed by atoms with van der Waals surface area (Å²) in [5, 5.41) is 10.1.